The topological polar surface area (TPSA) is 283 Å². The predicted octanol–water partition coefficient (Wildman–Crippen LogP) is 19.5. The van der Waals surface area contributed by atoms with Crippen LogP contribution in [0.2, 0.25) is 0 Å². The third-order valence-corrected chi connectivity index (χ3v) is 20.5. The molecule has 0 aliphatic carbocycles. The van der Waals surface area contributed by atoms with Crippen LogP contribution in [0, 0.1) is 52.8 Å². The molecule has 0 spiro atoms. The molecule has 17 rings (SSSR count). The maximum Gasteiger partial charge on any atom is 0.263 e. The summed E-state index contributed by atoms with van der Waals surface area (Å²) < 4.78 is 33.6. The number of hydrogen-bond donors (Lipinski definition) is 6. The van der Waals surface area contributed by atoms with Gasteiger partial charge in [0.2, 0.25) is 11.2 Å². The molecule has 0 unspecified atom stereocenters. The first-order valence-corrected chi connectivity index (χ1v) is 38.5. The number of nitrogens with one attached hydrogen (secondary N) is 4. The van der Waals surface area contributed by atoms with Gasteiger partial charge >= 0.3 is 0 Å². The van der Waals surface area contributed by atoms with Crippen LogP contribution in [-0.2, 0) is 0 Å². The van der Waals surface area contributed by atoms with E-state index in [1.165, 1.54) is 36.5 Å². The molecule has 0 saturated carbocycles. The van der Waals surface area contributed by atoms with E-state index < -0.39 is 29.5 Å². The van der Waals surface area contributed by atoms with E-state index in [2.05, 4.69) is 65.7 Å². The van der Waals surface area contributed by atoms with Crippen LogP contribution in [0.1, 0.15) is 84.8 Å². The van der Waals surface area contributed by atoms with Crippen molar-refractivity contribution in [1.82, 2.24) is 58.6 Å². The zero-order valence-corrected chi connectivity index (χ0v) is 66.4. The van der Waals surface area contributed by atoms with Crippen molar-refractivity contribution in [2.24, 2.45) is 0 Å². The molecule has 9 aromatic heterocycles. The highest BCUT2D eigenvalue weighted by Gasteiger charge is 2.26. The van der Waals surface area contributed by atoms with E-state index in [1.54, 1.807) is 77.6 Å². The summed E-state index contributed by atoms with van der Waals surface area (Å²) in [6.45, 7) is 22.4. The number of aromatic nitrogens is 12. The van der Waals surface area contributed by atoms with Crippen molar-refractivity contribution in [1.29, 1.82) is 0 Å². The second-order valence-corrected chi connectivity index (χ2v) is 28.8. The predicted molar refractivity (Wildman–Crippen MR) is 467 cm³/mol. The SMILES string of the molecule is Cc1cc(-c2cccc3cc([C@H](C)Nc4nc(C)ncc4-c4cc(O)cc(F)c4)n(-c4ccccc4)c(=O)c23)ccn1.Cc1cc(-c2cccc3cc([C@H](C)Nc4nc(C)ncc4-c4ccc(O)c(F)c4)n(-c4ccccc4)c(=O)c23)ccn1.[C-]#[N+]c1cnc(C)nc1N[C@@H](C)c1cc2cccc(-c3ccc(=O)[nH]c3)c2c(=O)n1-c1ccccc1. The number of aryl methyl sites for hydroxylation is 5. The normalized spacial score (nSPS) is 11.8. The van der Waals surface area contributed by atoms with Crippen LogP contribution in [0.15, 0.2) is 293 Å². The second kappa shape index (κ2) is 34.3. The fraction of sp³-hybridized carbons (Fsp3) is 0.115. The Hall–Kier alpha value is -15.8. The van der Waals surface area contributed by atoms with E-state index in [4.69, 9.17) is 6.57 Å². The number of phenolic OH excluding ortho intramolecular Hbond substituents is 2. The van der Waals surface area contributed by atoms with Crippen LogP contribution in [0.4, 0.5) is 31.9 Å². The number of H-pyrrole nitrogens is 1. The zero-order chi connectivity index (χ0) is 84.0. The maximum atomic E-state index is 14.4. The number of pyridine rings is 6. The average molecular weight is 1590 g/mol. The lowest BCUT2D eigenvalue weighted by Crippen LogP contribution is -2.26. The molecule has 6 N–H and O–H groups in total. The molecule has 0 radical (unpaired) electrons. The highest BCUT2D eigenvalue weighted by atomic mass is 19.1. The summed E-state index contributed by atoms with van der Waals surface area (Å²) in [5.74, 6) is 1.00. The van der Waals surface area contributed by atoms with Gasteiger partial charge < -0.3 is 31.1 Å². The van der Waals surface area contributed by atoms with Crippen LogP contribution < -0.4 is 38.2 Å². The van der Waals surface area contributed by atoms with Gasteiger partial charge in [-0.05, 0) is 225 Å². The van der Waals surface area contributed by atoms with Gasteiger partial charge in [0.15, 0.2) is 11.6 Å². The number of aromatic amines is 1. The number of phenols is 2. The van der Waals surface area contributed by atoms with Crippen LogP contribution in [0.5, 0.6) is 11.5 Å². The lowest BCUT2D eigenvalue weighted by Gasteiger charge is -2.23. The first kappa shape index (κ1) is 79.5. The Kier molecular flexibility index (Phi) is 22.7. The molecule has 8 aromatic carbocycles. The van der Waals surface area contributed by atoms with E-state index in [9.17, 15) is 38.2 Å². The van der Waals surface area contributed by atoms with Gasteiger partial charge in [0.25, 0.3) is 16.7 Å². The van der Waals surface area contributed by atoms with Crippen molar-refractivity contribution in [2.45, 2.75) is 73.5 Å². The summed E-state index contributed by atoms with van der Waals surface area (Å²) in [4.78, 5) is 95.8. The van der Waals surface area contributed by atoms with E-state index >= 15 is 0 Å². The third kappa shape index (κ3) is 16.7. The summed E-state index contributed by atoms with van der Waals surface area (Å²) in [7, 11) is 0. The van der Waals surface area contributed by atoms with Gasteiger partial charge in [0, 0.05) is 106 Å². The number of rotatable bonds is 17. The molecule has 9 heterocycles. The Labute approximate surface area is 687 Å². The fourth-order valence-electron chi connectivity index (χ4n) is 14.8. The lowest BCUT2D eigenvalue weighted by atomic mass is 9.98. The van der Waals surface area contributed by atoms with Gasteiger partial charge in [0.05, 0.1) is 40.9 Å². The number of nitrogens with zero attached hydrogens (tertiary/aromatic N) is 12. The summed E-state index contributed by atoms with van der Waals surface area (Å²) in [6.07, 6.45) is 9.83. The summed E-state index contributed by atoms with van der Waals surface area (Å²) in [5.41, 5.74) is 12.7. The molecule has 0 amide bonds. The number of halogens is 2. The Morgan fingerprint density at radius 2 is 0.800 bits per heavy atom. The Morgan fingerprint density at radius 3 is 1.21 bits per heavy atom. The largest absolute Gasteiger partial charge is 0.508 e. The Bertz CT molecular complexity index is 7060. The molecule has 17 aromatic rings. The molecule has 0 aliphatic heterocycles. The molecule has 0 aliphatic rings. The fourth-order valence-corrected chi connectivity index (χ4v) is 14.8. The minimum atomic E-state index is -0.736. The minimum Gasteiger partial charge on any atom is -0.508 e. The number of para-hydroxylation sites is 3. The number of aromatic hydroxyl groups is 2. The summed E-state index contributed by atoms with van der Waals surface area (Å²) >= 11 is 0. The average Bonchev–Trinajstić information content (AvgIpc) is 0.762. The molecule has 120 heavy (non-hydrogen) atoms. The first-order chi connectivity index (χ1) is 58.0. The maximum absolute atomic E-state index is 14.4. The van der Waals surface area contributed by atoms with Crippen molar-refractivity contribution < 1.29 is 19.0 Å². The quantitative estimate of drug-likeness (QED) is 0.0462. The van der Waals surface area contributed by atoms with E-state index in [0.717, 1.165) is 84.1 Å². The molecule has 3 atom stereocenters. The van der Waals surface area contributed by atoms with Gasteiger partial charge in [-0.25, -0.2) is 38.5 Å². The van der Waals surface area contributed by atoms with Crippen molar-refractivity contribution in [3.8, 4) is 84.2 Å². The first-order valence-electron chi connectivity index (χ1n) is 38.5. The third-order valence-electron chi connectivity index (χ3n) is 20.5. The van der Waals surface area contributed by atoms with Gasteiger partial charge in [-0.2, -0.15) is 0 Å². The van der Waals surface area contributed by atoms with Crippen LogP contribution in [-0.4, -0.2) is 68.8 Å². The van der Waals surface area contributed by atoms with E-state index in [0.29, 0.717) is 96.1 Å². The van der Waals surface area contributed by atoms with Crippen LogP contribution in [0.25, 0.3) is 110 Å². The molecule has 24 heteroatoms. The smallest absolute Gasteiger partial charge is 0.263 e. The van der Waals surface area contributed by atoms with Gasteiger partial charge in [-0.15, -0.1) is 0 Å². The van der Waals surface area contributed by atoms with E-state index in [-0.39, 0.29) is 34.0 Å². The minimum absolute atomic E-state index is 0.146. The summed E-state index contributed by atoms with van der Waals surface area (Å²) in [5, 5.41) is 34.1. The molecule has 592 valence electrons. The highest BCUT2D eigenvalue weighted by molar-refractivity contribution is 5.99. The lowest BCUT2D eigenvalue weighted by molar-refractivity contribution is 0.432. The number of anilines is 3. The standard InChI is InChI=1S/2C34H28FN5O2.C28H22N6O2/c1-20-14-23(12-13-36-20)29-11-7-8-24-17-31(40(34(42)32(24)29)27-9-5-4-6-10-27)21(2)38-33-30(19-37-22(3)39-33)25-15-26(35)18-28(41)16-25;1-20-16-24(14-15-36-20)27-11-7-8-25-18-30(40(34(42)32(25)27)26-9-5-4-6-10-26)21(2)38-33-28(19-37-22(3)39-33)23-12-13-31(41)29(35)17-23;1-17(32-27-23(29-3)16-30-18(2)33-27)24-14-19-8-7-11-22(20-12-13-25(35)31-15-20)26(19)28(36)34(24)21-9-5-4-6-10-21/h2*4-19,21,41H,1-3H3,(H,37,38,39);4-17H,1-2H3,(H,31,35)(H,30,32,33)/t2*21-;17-/m000/s1. The monoisotopic (exact) mass is 1590 g/mol. The van der Waals surface area contributed by atoms with Gasteiger partial charge in [0.1, 0.15) is 46.5 Å². The Morgan fingerprint density at radius 1 is 0.400 bits per heavy atom. The van der Waals surface area contributed by atoms with Gasteiger partial charge in [-0.1, -0.05) is 115 Å². The van der Waals surface area contributed by atoms with Crippen molar-refractivity contribution in [3.05, 3.63) is 384 Å². The summed E-state index contributed by atoms with van der Waals surface area (Å²) in [6, 6.07) is 69.6. The molecule has 0 saturated heterocycles. The van der Waals surface area contributed by atoms with Crippen molar-refractivity contribution in [3.63, 3.8) is 0 Å². The molecule has 22 nitrogen and oxygen atoms in total. The Balaban J connectivity index is 0.000000141. The van der Waals surface area contributed by atoms with Crippen LogP contribution in [0.3, 0.4) is 0 Å². The molecular weight excluding hydrogens is 1510 g/mol. The van der Waals surface area contributed by atoms with E-state index in [1.807, 2.05) is 223 Å². The number of fused-ring (bicyclic) bond motifs is 3. The molecule has 0 bridgehead atoms. The van der Waals surface area contributed by atoms with Gasteiger partial charge in [-0.3, -0.25) is 47.8 Å². The van der Waals surface area contributed by atoms with Crippen LogP contribution >= 0.6 is 0 Å². The highest BCUT2D eigenvalue weighted by Crippen LogP contribution is 2.39. The van der Waals surface area contributed by atoms with Crippen molar-refractivity contribution >= 4 is 55.5 Å². The zero-order valence-electron chi connectivity index (χ0n) is 66.4. The number of benzene rings is 8. The molecular formula is C96H78F2N16O6. The molecule has 0 fully saturated rings. The second-order valence-electron chi connectivity index (χ2n) is 28.8. The van der Waals surface area contributed by atoms with Crippen molar-refractivity contribution in [2.75, 3.05) is 16.0 Å². The number of hydrogen-bond acceptors (Lipinski definition) is 17.